The fourth-order valence-electron chi connectivity index (χ4n) is 2.03. The second-order valence-corrected chi connectivity index (χ2v) is 7.81. The Morgan fingerprint density at radius 1 is 1.17 bits per heavy atom. The first-order chi connectivity index (χ1) is 11.1. The normalized spacial score (nSPS) is 12.5. The zero-order valence-electron chi connectivity index (χ0n) is 12.1. The highest BCUT2D eigenvalue weighted by Gasteiger charge is 2.32. The van der Waals surface area contributed by atoms with Gasteiger partial charge in [0, 0.05) is 0 Å². The van der Waals surface area contributed by atoms with Crippen molar-refractivity contribution in [2.24, 2.45) is 0 Å². The average molecular weight is 373 g/mol. The zero-order valence-corrected chi connectivity index (χ0v) is 13.8. The van der Waals surface area contributed by atoms with Gasteiger partial charge in [-0.25, -0.2) is 18.4 Å². The quantitative estimate of drug-likeness (QED) is 0.758. The molecule has 0 amide bonds. The van der Waals surface area contributed by atoms with Gasteiger partial charge in [-0.3, -0.25) is 4.72 Å². The monoisotopic (exact) mass is 373 g/mol. The van der Waals surface area contributed by atoms with Crippen LogP contribution in [0.1, 0.15) is 10.7 Å². The zero-order chi connectivity index (χ0) is 17.5. The summed E-state index contributed by atoms with van der Waals surface area (Å²) in [5.74, 6) is 0. The largest absolute Gasteiger partial charge is 0.433 e. The van der Waals surface area contributed by atoms with Gasteiger partial charge in [-0.1, -0.05) is 0 Å². The Morgan fingerprint density at radius 3 is 2.54 bits per heavy atom. The second-order valence-electron chi connectivity index (χ2n) is 4.90. The van der Waals surface area contributed by atoms with Crippen LogP contribution in [0.2, 0.25) is 0 Å². The van der Waals surface area contributed by atoms with Crippen LogP contribution >= 0.6 is 11.3 Å². The van der Waals surface area contributed by atoms with Gasteiger partial charge in [0.25, 0.3) is 10.0 Å². The van der Waals surface area contributed by atoms with E-state index in [1.807, 2.05) is 6.92 Å². The smallest absolute Gasteiger partial charge is 0.278 e. The van der Waals surface area contributed by atoms with Crippen LogP contribution in [-0.4, -0.2) is 18.4 Å². The molecule has 5 nitrogen and oxygen atoms in total. The lowest BCUT2D eigenvalue weighted by Crippen LogP contribution is -2.14. The Balaban J connectivity index is 1.89. The lowest BCUT2D eigenvalue weighted by Gasteiger charge is -2.09. The molecule has 0 spiro atoms. The fourth-order valence-corrected chi connectivity index (χ4v) is 3.90. The number of hydrogen-bond donors (Lipinski definition) is 1. The maximum Gasteiger partial charge on any atom is 0.433 e. The van der Waals surface area contributed by atoms with Crippen molar-refractivity contribution in [3.05, 3.63) is 47.2 Å². The third kappa shape index (κ3) is 3.34. The third-order valence-electron chi connectivity index (χ3n) is 3.08. The van der Waals surface area contributed by atoms with Gasteiger partial charge >= 0.3 is 6.18 Å². The van der Waals surface area contributed by atoms with E-state index in [9.17, 15) is 21.6 Å². The van der Waals surface area contributed by atoms with Crippen LogP contribution in [0.15, 0.2) is 41.4 Å². The van der Waals surface area contributed by atoms with Crippen molar-refractivity contribution in [3.8, 4) is 0 Å². The van der Waals surface area contributed by atoms with Gasteiger partial charge in [0.15, 0.2) is 0 Å². The highest BCUT2D eigenvalue weighted by Crippen LogP contribution is 2.29. The number of nitrogens with zero attached hydrogens (tertiary/aromatic N) is 2. The molecule has 10 heteroatoms. The molecule has 0 atom stereocenters. The van der Waals surface area contributed by atoms with Crippen molar-refractivity contribution in [2.75, 3.05) is 4.72 Å². The van der Waals surface area contributed by atoms with E-state index in [-0.39, 0.29) is 10.6 Å². The van der Waals surface area contributed by atoms with Gasteiger partial charge < -0.3 is 0 Å². The number of alkyl halides is 3. The summed E-state index contributed by atoms with van der Waals surface area (Å²) in [6.45, 7) is 1.81. The van der Waals surface area contributed by atoms with E-state index in [1.54, 1.807) is 6.07 Å². The first-order valence-electron chi connectivity index (χ1n) is 6.58. The van der Waals surface area contributed by atoms with E-state index in [2.05, 4.69) is 14.7 Å². The maximum atomic E-state index is 12.5. The van der Waals surface area contributed by atoms with Gasteiger partial charge in [-0.05, 0) is 37.3 Å². The lowest BCUT2D eigenvalue weighted by molar-refractivity contribution is -0.141. The van der Waals surface area contributed by atoms with Crippen molar-refractivity contribution >= 4 is 37.3 Å². The van der Waals surface area contributed by atoms with E-state index in [0.717, 1.165) is 22.0 Å². The van der Waals surface area contributed by atoms with E-state index in [0.29, 0.717) is 11.6 Å². The molecule has 0 saturated carbocycles. The van der Waals surface area contributed by atoms with Gasteiger partial charge in [0.1, 0.15) is 5.69 Å². The summed E-state index contributed by atoms with van der Waals surface area (Å²) < 4.78 is 65.1. The maximum absolute atomic E-state index is 12.5. The average Bonchev–Trinajstić information content (AvgIpc) is 2.85. The molecule has 2 heterocycles. The van der Waals surface area contributed by atoms with E-state index < -0.39 is 21.9 Å². The number of thiazole rings is 1. The SMILES string of the molecule is Cc1nc2cc(S(=O)(=O)Nc3ccc(C(F)(F)F)nc3)ccc2s1. The summed E-state index contributed by atoms with van der Waals surface area (Å²) in [6, 6.07) is 6.20. The summed E-state index contributed by atoms with van der Waals surface area (Å²) in [4.78, 5) is 7.41. The molecule has 3 aromatic rings. The van der Waals surface area contributed by atoms with Crippen molar-refractivity contribution in [3.63, 3.8) is 0 Å². The summed E-state index contributed by atoms with van der Waals surface area (Å²) >= 11 is 1.44. The highest BCUT2D eigenvalue weighted by molar-refractivity contribution is 7.92. The van der Waals surface area contributed by atoms with Crippen LogP contribution in [0.5, 0.6) is 0 Å². The number of aryl methyl sites for hydroxylation is 1. The van der Waals surface area contributed by atoms with Gasteiger partial charge in [0.05, 0.1) is 32.0 Å². The Hall–Kier alpha value is -2.20. The summed E-state index contributed by atoms with van der Waals surface area (Å²) in [5.41, 5.74) is -0.603. The van der Waals surface area contributed by atoms with Crippen molar-refractivity contribution in [2.45, 2.75) is 18.0 Å². The standard InChI is InChI=1S/C14H10F3N3O2S2/c1-8-19-11-6-10(3-4-12(11)23-8)24(21,22)20-9-2-5-13(18-7-9)14(15,16)17/h2-7,20H,1H3. The number of anilines is 1. The summed E-state index contributed by atoms with van der Waals surface area (Å²) in [5, 5.41) is 0.805. The third-order valence-corrected chi connectivity index (χ3v) is 5.41. The Labute approximate surface area is 139 Å². The first kappa shape index (κ1) is 16.7. The molecule has 0 saturated heterocycles. The minimum atomic E-state index is -4.58. The van der Waals surface area contributed by atoms with Crippen LogP contribution < -0.4 is 4.72 Å². The molecular weight excluding hydrogens is 363 g/mol. The number of aromatic nitrogens is 2. The second kappa shape index (κ2) is 5.71. The Bertz CT molecular complexity index is 996. The van der Waals surface area contributed by atoms with Crippen LogP contribution in [0.3, 0.4) is 0 Å². The Kier molecular flexibility index (Phi) is 3.96. The molecule has 24 heavy (non-hydrogen) atoms. The molecule has 0 unspecified atom stereocenters. The minimum absolute atomic E-state index is 0.0276. The van der Waals surface area contributed by atoms with Crippen LogP contribution in [-0.2, 0) is 16.2 Å². The van der Waals surface area contributed by atoms with Gasteiger partial charge in [0.2, 0.25) is 0 Å². The highest BCUT2D eigenvalue weighted by atomic mass is 32.2. The molecule has 0 bridgehead atoms. The summed E-state index contributed by atoms with van der Waals surface area (Å²) in [6.07, 6.45) is -3.75. The number of fused-ring (bicyclic) bond motifs is 1. The summed E-state index contributed by atoms with van der Waals surface area (Å²) in [7, 11) is -3.95. The molecule has 0 aliphatic carbocycles. The molecule has 0 aliphatic rings. The van der Waals surface area contributed by atoms with Gasteiger partial charge in [-0.15, -0.1) is 11.3 Å². The molecule has 0 fully saturated rings. The number of sulfonamides is 1. The molecule has 1 N–H and O–H groups in total. The molecule has 0 aliphatic heterocycles. The van der Waals surface area contributed by atoms with Crippen LogP contribution in [0, 0.1) is 6.92 Å². The topological polar surface area (TPSA) is 72.0 Å². The van der Waals surface area contributed by atoms with Gasteiger partial charge in [-0.2, -0.15) is 13.2 Å². The van der Waals surface area contributed by atoms with Crippen LogP contribution in [0.4, 0.5) is 18.9 Å². The number of benzene rings is 1. The molecule has 3 rings (SSSR count). The predicted molar refractivity (Wildman–Crippen MR) is 84.4 cm³/mol. The molecular formula is C14H10F3N3O2S2. The van der Waals surface area contributed by atoms with E-state index in [4.69, 9.17) is 0 Å². The van der Waals surface area contributed by atoms with Crippen LogP contribution in [0.25, 0.3) is 10.2 Å². The number of pyridine rings is 1. The molecule has 126 valence electrons. The number of halogens is 3. The molecule has 0 radical (unpaired) electrons. The number of rotatable bonds is 3. The Morgan fingerprint density at radius 2 is 1.92 bits per heavy atom. The van der Waals surface area contributed by atoms with Crippen molar-refractivity contribution in [1.29, 1.82) is 0 Å². The lowest BCUT2D eigenvalue weighted by atomic mass is 10.3. The predicted octanol–water partition coefficient (Wildman–Crippen LogP) is 3.82. The van der Waals surface area contributed by atoms with E-state index in [1.165, 1.54) is 23.5 Å². The number of nitrogens with one attached hydrogen (secondary N) is 1. The molecule has 1 aromatic carbocycles. The fraction of sp³-hybridized carbons (Fsp3) is 0.143. The first-order valence-corrected chi connectivity index (χ1v) is 8.88. The molecule has 2 aromatic heterocycles. The van der Waals surface area contributed by atoms with E-state index >= 15 is 0 Å². The minimum Gasteiger partial charge on any atom is -0.278 e. The number of hydrogen-bond acceptors (Lipinski definition) is 5. The van der Waals surface area contributed by atoms with Crippen molar-refractivity contribution < 1.29 is 21.6 Å². The van der Waals surface area contributed by atoms with Crippen molar-refractivity contribution in [1.82, 2.24) is 9.97 Å².